The van der Waals surface area contributed by atoms with Gasteiger partial charge in [0.1, 0.15) is 0 Å². The maximum absolute atomic E-state index is 3.68. The van der Waals surface area contributed by atoms with Gasteiger partial charge in [0.2, 0.25) is 0 Å². The highest BCUT2D eigenvalue weighted by molar-refractivity contribution is 9.11. The van der Waals surface area contributed by atoms with Crippen LogP contribution in [0.1, 0.15) is 22.3 Å². The number of thiophene rings is 4. The number of rotatable bonds is 1. The molecule has 0 radical (unpaired) electrons. The molecule has 4 aromatic rings. The van der Waals surface area contributed by atoms with Crippen molar-refractivity contribution in [2.45, 2.75) is 27.7 Å². The summed E-state index contributed by atoms with van der Waals surface area (Å²) in [7, 11) is 0. The van der Waals surface area contributed by atoms with Crippen molar-refractivity contribution in [2.75, 3.05) is 0 Å². The van der Waals surface area contributed by atoms with Gasteiger partial charge in [-0.05, 0) is 71.3 Å². The van der Waals surface area contributed by atoms with Gasteiger partial charge in [0.15, 0.2) is 0 Å². The van der Waals surface area contributed by atoms with Gasteiger partial charge >= 0.3 is 0 Å². The number of hydrogen-bond acceptors (Lipinski definition) is 4. The van der Waals surface area contributed by atoms with Crippen LogP contribution in [0.2, 0.25) is 0 Å². The van der Waals surface area contributed by atoms with E-state index in [1.165, 1.54) is 54.6 Å². The monoisotopic (exact) mass is 412 g/mol. The zero-order valence-corrected chi connectivity index (χ0v) is 16.9. The van der Waals surface area contributed by atoms with Crippen LogP contribution in [-0.4, -0.2) is 0 Å². The summed E-state index contributed by atoms with van der Waals surface area (Å²) in [6, 6.07) is 0. The second kappa shape index (κ2) is 4.90. The average Bonchev–Trinajstić information content (AvgIpc) is 3.13. The normalized spacial score (nSPS) is 12.0. The lowest BCUT2D eigenvalue weighted by Gasteiger charge is -1.98. The standard InChI is InChI=1S/C16H13BrS4/c1-6-5-18-11-7(2)12(19-10(6)11)13-8(3)14-15(20-13)9(4)16(17)21-14/h5H,1-4H3. The second-order valence-electron chi connectivity index (χ2n) is 5.35. The van der Waals surface area contributed by atoms with E-state index < -0.39 is 0 Å². The van der Waals surface area contributed by atoms with Crippen LogP contribution in [0.3, 0.4) is 0 Å². The topological polar surface area (TPSA) is 0 Å². The lowest BCUT2D eigenvalue weighted by atomic mass is 10.2. The smallest absolute Gasteiger partial charge is 0.0748 e. The van der Waals surface area contributed by atoms with Gasteiger partial charge in [-0.25, -0.2) is 0 Å². The molecular weight excluding hydrogens is 400 g/mol. The Bertz CT molecular complexity index is 993. The minimum Gasteiger partial charge on any atom is -0.142 e. The van der Waals surface area contributed by atoms with E-state index in [0.29, 0.717) is 0 Å². The van der Waals surface area contributed by atoms with Crippen LogP contribution >= 0.6 is 61.3 Å². The first-order valence-electron chi connectivity index (χ1n) is 6.64. The van der Waals surface area contributed by atoms with Crippen LogP contribution in [0.4, 0.5) is 0 Å². The van der Waals surface area contributed by atoms with Gasteiger partial charge in [-0.1, -0.05) is 0 Å². The van der Waals surface area contributed by atoms with E-state index in [1.807, 2.05) is 45.3 Å². The van der Waals surface area contributed by atoms with Gasteiger partial charge in [-0.15, -0.1) is 45.3 Å². The van der Waals surface area contributed by atoms with Crippen LogP contribution in [-0.2, 0) is 0 Å². The quantitative estimate of drug-likeness (QED) is 0.297. The summed E-state index contributed by atoms with van der Waals surface area (Å²) >= 11 is 11.4. The molecule has 0 atom stereocenters. The summed E-state index contributed by atoms with van der Waals surface area (Å²) in [4.78, 5) is 2.94. The van der Waals surface area contributed by atoms with Crippen molar-refractivity contribution in [3.8, 4) is 9.75 Å². The molecule has 0 fully saturated rings. The van der Waals surface area contributed by atoms with E-state index in [2.05, 4.69) is 49.0 Å². The van der Waals surface area contributed by atoms with Crippen LogP contribution in [0, 0.1) is 27.7 Å². The minimum atomic E-state index is 1.28. The van der Waals surface area contributed by atoms with Crippen molar-refractivity contribution < 1.29 is 0 Å². The molecule has 0 amide bonds. The Labute approximate surface area is 148 Å². The maximum Gasteiger partial charge on any atom is 0.0748 e. The first-order chi connectivity index (χ1) is 9.99. The second-order valence-corrected chi connectivity index (χ2v) is 10.6. The van der Waals surface area contributed by atoms with Crippen molar-refractivity contribution >= 4 is 80.1 Å². The van der Waals surface area contributed by atoms with E-state index in [9.17, 15) is 0 Å². The lowest BCUT2D eigenvalue weighted by Crippen LogP contribution is -1.73. The molecule has 0 aromatic carbocycles. The van der Waals surface area contributed by atoms with E-state index >= 15 is 0 Å². The van der Waals surface area contributed by atoms with Crippen molar-refractivity contribution in [1.82, 2.24) is 0 Å². The number of fused-ring (bicyclic) bond motifs is 2. The van der Waals surface area contributed by atoms with E-state index in [1.54, 1.807) is 0 Å². The molecule has 0 unspecified atom stereocenters. The fourth-order valence-corrected chi connectivity index (χ4v) is 8.78. The SMILES string of the molecule is Cc1csc2c(C)c(-c3sc4c(C)c(Br)sc4c3C)sc12. The molecule has 5 heteroatoms. The Balaban J connectivity index is 2.04. The summed E-state index contributed by atoms with van der Waals surface area (Å²) < 4.78 is 7.13. The Morgan fingerprint density at radius 1 is 0.714 bits per heavy atom. The number of halogens is 1. The highest BCUT2D eigenvalue weighted by Gasteiger charge is 2.20. The molecule has 0 saturated heterocycles. The lowest BCUT2D eigenvalue weighted by molar-refractivity contribution is 1.57. The summed E-state index contributed by atoms with van der Waals surface area (Å²) in [5.74, 6) is 0. The first kappa shape index (κ1) is 14.4. The molecule has 4 heterocycles. The fourth-order valence-electron chi connectivity index (χ4n) is 2.66. The third kappa shape index (κ3) is 1.94. The zero-order valence-electron chi connectivity index (χ0n) is 12.1. The molecule has 4 aromatic heterocycles. The predicted molar refractivity (Wildman–Crippen MR) is 105 cm³/mol. The van der Waals surface area contributed by atoms with Gasteiger partial charge in [0, 0.05) is 19.2 Å². The molecular formula is C16H13BrS4. The van der Waals surface area contributed by atoms with Crippen molar-refractivity contribution in [1.29, 1.82) is 0 Å². The minimum absolute atomic E-state index is 1.28. The Morgan fingerprint density at radius 3 is 1.90 bits per heavy atom. The van der Waals surface area contributed by atoms with Gasteiger partial charge in [-0.2, -0.15) is 0 Å². The zero-order chi connectivity index (χ0) is 14.9. The molecule has 108 valence electrons. The molecule has 21 heavy (non-hydrogen) atoms. The van der Waals surface area contributed by atoms with Crippen molar-refractivity contribution in [2.24, 2.45) is 0 Å². The van der Waals surface area contributed by atoms with Gasteiger partial charge in [-0.3, -0.25) is 0 Å². The largest absolute Gasteiger partial charge is 0.142 e. The Morgan fingerprint density at radius 2 is 1.29 bits per heavy atom. The molecule has 4 rings (SSSR count). The molecule has 0 spiro atoms. The molecule has 0 bridgehead atoms. The van der Waals surface area contributed by atoms with E-state index in [-0.39, 0.29) is 0 Å². The number of hydrogen-bond donors (Lipinski definition) is 0. The van der Waals surface area contributed by atoms with E-state index in [0.717, 1.165) is 0 Å². The summed E-state index contributed by atoms with van der Waals surface area (Å²) in [5.41, 5.74) is 5.72. The van der Waals surface area contributed by atoms with E-state index in [4.69, 9.17) is 0 Å². The molecule has 0 aliphatic carbocycles. The first-order valence-corrected chi connectivity index (χ1v) is 10.8. The van der Waals surface area contributed by atoms with Gasteiger partial charge in [0.25, 0.3) is 0 Å². The summed E-state index contributed by atoms with van der Waals surface area (Å²) in [6.45, 7) is 8.99. The molecule has 0 saturated carbocycles. The average molecular weight is 413 g/mol. The van der Waals surface area contributed by atoms with Crippen molar-refractivity contribution in [3.05, 3.63) is 31.4 Å². The summed E-state index contributed by atoms with van der Waals surface area (Å²) in [5, 5.41) is 2.28. The third-order valence-corrected chi connectivity index (χ3v) is 10.7. The Hall–Kier alpha value is -0.200. The number of aryl methyl sites for hydroxylation is 4. The van der Waals surface area contributed by atoms with Crippen LogP contribution in [0.25, 0.3) is 28.6 Å². The maximum atomic E-state index is 3.68. The summed E-state index contributed by atoms with van der Waals surface area (Å²) in [6.07, 6.45) is 0. The van der Waals surface area contributed by atoms with Gasteiger partial charge in [0.05, 0.1) is 13.2 Å². The third-order valence-electron chi connectivity index (χ3n) is 3.93. The van der Waals surface area contributed by atoms with Crippen LogP contribution in [0.15, 0.2) is 9.17 Å². The van der Waals surface area contributed by atoms with Gasteiger partial charge < -0.3 is 0 Å². The Kier molecular flexibility index (Phi) is 3.36. The van der Waals surface area contributed by atoms with Crippen LogP contribution in [0.5, 0.6) is 0 Å². The fraction of sp³-hybridized carbons (Fsp3) is 0.250. The molecule has 0 aliphatic rings. The molecule has 0 N–H and O–H groups in total. The van der Waals surface area contributed by atoms with Crippen LogP contribution < -0.4 is 0 Å². The highest BCUT2D eigenvalue weighted by atomic mass is 79.9. The molecule has 0 aliphatic heterocycles. The predicted octanol–water partition coefficient (Wildman–Crippen LogP) is 7.90. The highest BCUT2D eigenvalue weighted by Crippen LogP contribution is 2.51. The van der Waals surface area contributed by atoms with Crippen molar-refractivity contribution in [3.63, 3.8) is 0 Å². The molecule has 0 nitrogen and oxygen atoms in total.